The van der Waals surface area contributed by atoms with Gasteiger partial charge in [0.05, 0.1) is 5.92 Å². The summed E-state index contributed by atoms with van der Waals surface area (Å²) in [4.78, 5) is 14.3. The van der Waals surface area contributed by atoms with E-state index in [0.29, 0.717) is 0 Å². The summed E-state index contributed by atoms with van der Waals surface area (Å²) < 4.78 is 0. The molecule has 0 aliphatic carbocycles. The van der Waals surface area contributed by atoms with Crippen LogP contribution in [0, 0.1) is 5.92 Å². The van der Waals surface area contributed by atoms with Crippen LogP contribution >= 0.6 is 12.4 Å². The van der Waals surface area contributed by atoms with Gasteiger partial charge in [0.15, 0.2) is 0 Å². The standard InChI is InChI=1S/C6H11NO3.ClH/c8-6(10-9)5-1-3-7-4-2-5;/h5,7,9H,1-4H2;1H. The number of piperidine rings is 1. The highest BCUT2D eigenvalue weighted by Gasteiger charge is 2.22. The molecule has 0 bridgehead atoms. The lowest BCUT2D eigenvalue weighted by atomic mass is 9.99. The van der Waals surface area contributed by atoms with Crippen molar-refractivity contribution in [2.45, 2.75) is 12.8 Å². The van der Waals surface area contributed by atoms with E-state index in [4.69, 9.17) is 5.26 Å². The first-order chi connectivity index (χ1) is 4.84. The number of nitrogens with one attached hydrogen (secondary N) is 1. The molecule has 1 aliphatic heterocycles. The lowest BCUT2D eigenvalue weighted by Crippen LogP contribution is -2.32. The molecule has 2 N–H and O–H groups in total. The molecular weight excluding hydrogens is 170 g/mol. The van der Waals surface area contributed by atoms with E-state index in [1.54, 1.807) is 0 Å². The van der Waals surface area contributed by atoms with Crippen LogP contribution in [0.3, 0.4) is 0 Å². The molecule has 5 heteroatoms. The van der Waals surface area contributed by atoms with Crippen LogP contribution in [-0.4, -0.2) is 24.3 Å². The summed E-state index contributed by atoms with van der Waals surface area (Å²) in [5.74, 6) is -0.604. The molecule has 0 aromatic carbocycles. The largest absolute Gasteiger partial charge is 0.345 e. The maximum atomic E-state index is 10.7. The first kappa shape index (κ1) is 10.7. The molecule has 0 spiro atoms. The van der Waals surface area contributed by atoms with Crippen LogP contribution in [-0.2, 0) is 9.68 Å². The van der Waals surface area contributed by atoms with E-state index >= 15 is 0 Å². The maximum absolute atomic E-state index is 10.7. The fourth-order valence-corrected chi connectivity index (χ4v) is 1.13. The predicted octanol–water partition coefficient (Wildman–Crippen LogP) is 0.424. The minimum Gasteiger partial charge on any atom is -0.317 e. The zero-order valence-electron chi connectivity index (χ0n) is 6.08. The van der Waals surface area contributed by atoms with Gasteiger partial charge in [-0.1, -0.05) is 0 Å². The fourth-order valence-electron chi connectivity index (χ4n) is 1.13. The molecular formula is C6H12ClNO3. The molecule has 0 radical (unpaired) electrons. The van der Waals surface area contributed by atoms with Gasteiger partial charge in [0.2, 0.25) is 0 Å². The van der Waals surface area contributed by atoms with Crippen LogP contribution in [0.4, 0.5) is 0 Å². The van der Waals surface area contributed by atoms with Gasteiger partial charge in [-0.3, -0.25) is 0 Å². The first-order valence-corrected chi connectivity index (χ1v) is 3.40. The van der Waals surface area contributed by atoms with Gasteiger partial charge in [0.1, 0.15) is 0 Å². The van der Waals surface area contributed by atoms with E-state index in [9.17, 15) is 4.79 Å². The molecule has 4 nitrogen and oxygen atoms in total. The van der Waals surface area contributed by atoms with Gasteiger partial charge >= 0.3 is 5.97 Å². The lowest BCUT2D eigenvalue weighted by molar-refractivity contribution is -0.239. The van der Waals surface area contributed by atoms with Crippen molar-refractivity contribution in [1.82, 2.24) is 5.32 Å². The summed E-state index contributed by atoms with van der Waals surface area (Å²) in [6.45, 7) is 1.67. The number of rotatable bonds is 1. The predicted molar refractivity (Wildman–Crippen MR) is 41.6 cm³/mol. The molecule has 0 amide bonds. The Labute approximate surface area is 71.3 Å². The third-order valence-corrected chi connectivity index (χ3v) is 1.76. The Morgan fingerprint density at radius 3 is 2.45 bits per heavy atom. The third kappa shape index (κ3) is 3.05. The first-order valence-electron chi connectivity index (χ1n) is 3.40. The number of carbonyl (C=O) groups excluding carboxylic acids is 1. The van der Waals surface area contributed by atoms with Crippen molar-refractivity contribution in [1.29, 1.82) is 0 Å². The van der Waals surface area contributed by atoms with Crippen LogP contribution in [0.25, 0.3) is 0 Å². The molecule has 0 atom stereocenters. The van der Waals surface area contributed by atoms with Crippen LogP contribution < -0.4 is 5.32 Å². The molecule has 1 saturated heterocycles. The minimum absolute atomic E-state index is 0. The van der Waals surface area contributed by atoms with Gasteiger partial charge in [0.25, 0.3) is 0 Å². The van der Waals surface area contributed by atoms with E-state index in [2.05, 4.69) is 10.2 Å². The van der Waals surface area contributed by atoms with Gasteiger partial charge in [0, 0.05) is 0 Å². The molecule has 0 aromatic rings. The topological polar surface area (TPSA) is 58.6 Å². The van der Waals surface area contributed by atoms with Gasteiger partial charge in [-0.2, -0.15) is 5.26 Å². The van der Waals surface area contributed by atoms with Crippen LogP contribution in [0.1, 0.15) is 12.8 Å². The fraction of sp³-hybridized carbons (Fsp3) is 0.833. The van der Waals surface area contributed by atoms with Gasteiger partial charge in [-0.15, -0.1) is 12.4 Å². The Morgan fingerprint density at radius 2 is 2.00 bits per heavy atom. The number of hydrogen-bond acceptors (Lipinski definition) is 4. The smallest absolute Gasteiger partial charge is 0.317 e. The van der Waals surface area contributed by atoms with E-state index in [1.165, 1.54) is 0 Å². The van der Waals surface area contributed by atoms with Crippen molar-refractivity contribution in [3.63, 3.8) is 0 Å². The summed E-state index contributed by atoms with van der Waals surface area (Å²) in [6.07, 6.45) is 1.53. The van der Waals surface area contributed by atoms with Gasteiger partial charge in [-0.25, -0.2) is 4.79 Å². The van der Waals surface area contributed by atoms with Crippen molar-refractivity contribution < 1.29 is 14.9 Å². The van der Waals surface area contributed by atoms with Crippen molar-refractivity contribution >= 4 is 18.4 Å². The van der Waals surface area contributed by atoms with Crippen LogP contribution in [0.15, 0.2) is 0 Å². The molecule has 0 saturated carbocycles. The average Bonchev–Trinajstić information content (AvgIpc) is 2.05. The molecule has 1 heterocycles. The van der Waals surface area contributed by atoms with Crippen LogP contribution in [0.2, 0.25) is 0 Å². The third-order valence-electron chi connectivity index (χ3n) is 1.76. The summed E-state index contributed by atoms with van der Waals surface area (Å²) in [6, 6.07) is 0. The average molecular weight is 182 g/mol. The summed E-state index contributed by atoms with van der Waals surface area (Å²) >= 11 is 0. The number of carbonyl (C=O) groups is 1. The maximum Gasteiger partial charge on any atom is 0.345 e. The van der Waals surface area contributed by atoms with Crippen molar-refractivity contribution in [2.24, 2.45) is 5.92 Å². The Morgan fingerprint density at radius 1 is 1.45 bits per heavy atom. The molecule has 0 aromatic heterocycles. The van der Waals surface area contributed by atoms with E-state index in [0.717, 1.165) is 25.9 Å². The normalized spacial score (nSPS) is 18.6. The quantitative estimate of drug-likeness (QED) is 0.455. The Kier molecular flexibility index (Phi) is 5.19. The zero-order valence-corrected chi connectivity index (χ0v) is 6.89. The molecule has 1 aliphatic rings. The van der Waals surface area contributed by atoms with Gasteiger partial charge in [-0.05, 0) is 25.9 Å². The SMILES string of the molecule is Cl.O=C(OO)C1CCNCC1. The summed E-state index contributed by atoms with van der Waals surface area (Å²) in [5, 5.41) is 11.1. The summed E-state index contributed by atoms with van der Waals surface area (Å²) in [5.41, 5.74) is 0. The van der Waals surface area contributed by atoms with E-state index in [1.807, 2.05) is 0 Å². The second-order valence-corrected chi connectivity index (χ2v) is 2.43. The monoisotopic (exact) mass is 181 g/mol. The Balaban J connectivity index is 0.000001000. The van der Waals surface area contributed by atoms with E-state index < -0.39 is 5.97 Å². The van der Waals surface area contributed by atoms with Crippen molar-refractivity contribution in [3.05, 3.63) is 0 Å². The molecule has 1 fully saturated rings. The van der Waals surface area contributed by atoms with Crippen LogP contribution in [0.5, 0.6) is 0 Å². The number of halogens is 1. The molecule has 11 heavy (non-hydrogen) atoms. The van der Waals surface area contributed by atoms with E-state index in [-0.39, 0.29) is 18.3 Å². The second kappa shape index (κ2) is 5.35. The molecule has 66 valence electrons. The highest BCUT2D eigenvalue weighted by atomic mass is 35.5. The van der Waals surface area contributed by atoms with Gasteiger partial charge < -0.3 is 10.2 Å². The lowest BCUT2D eigenvalue weighted by Gasteiger charge is -2.18. The zero-order chi connectivity index (χ0) is 7.40. The highest BCUT2D eigenvalue weighted by Crippen LogP contribution is 2.12. The van der Waals surface area contributed by atoms with Crippen molar-refractivity contribution in [2.75, 3.05) is 13.1 Å². The second-order valence-electron chi connectivity index (χ2n) is 2.43. The summed E-state index contributed by atoms with van der Waals surface area (Å²) in [7, 11) is 0. The highest BCUT2D eigenvalue weighted by molar-refractivity contribution is 5.85. The van der Waals surface area contributed by atoms with Crippen molar-refractivity contribution in [3.8, 4) is 0 Å². The minimum atomic E-state index is -0.499. The molecule has 1 rings (SSSR count). The Hall–Kier alpha value is -0.320. The Bertz CT molecular complexity index is 125. The number of hydrogen-bond donors (Lipinski definition) is 2. The molecule has 0 unspecified atom stereocenters.